The molecule has 3 rings (SSSR count). The van der Waals surface area contributed by atoms with Crippen molar-refractivity contribution in [3.05, 3.63) is 24.3 Å². The predicted octanol–water partition coefficient (Wildman–Crippen LogP) is 1.94. The molecule has 2 atom stereocenters. The molecule has 2 heterocycles. The Morgan fingerprint density at radius 1 is 1.27 bits per heavy atom. The molecule has 0 spiro atoms. The van der Waals surface area contributed by atoms with Gasteiger partial charge >= 0.3 is 6.36 Å². The normalized spacial score (nSPS) is 23.7. The maximum atomic E-state index is 12.2. The van der Waals surface area contributed by atoms with E-state index in [1.165, 1.54) is 12.1 Å². The van der Waals surface area contributed by atoms with Crippen LogP contribution >= 0.6 is 0 Å². The van der Waals surface area contributed by atoms with Crippen molar-refractivity contribution in [2.45, 2.75) is 18.9 Å². The largest absolute Gasteiger partial charge is 0.573 e. The Morgan fingerprint density at radius 2 is 2.04 bits per heavy atom. The molecule has 1 aromatic rings. The Labute approximate surface area is 149 Å². The molecule has 2 saturated heterocycles. The summed E-state index contributed by atoms with van der Waals surface area (Å²) in [4.78, 5) is 14.1. The number of benzene rings is 1. The summed E-state index contributed by atoms with van der Waals surface area (Å²) in [5.41, 5.74) is 0.831. The van der Waals surface area contributed by atoms with Gasteiger partial charge in [0.05, 0.1) is 19.8 Å². The summed E-state index contributed by atoms with van der Waals surface area (Å²) in [5, 5.41) is 2.89. The lowest BCUT2D eigenvalue weighted by Crippen LogP contribution is -2.44. The van der Waals surface area contributed by atoms with Crippen LogP contribution in [0.2, 0.25) is 0 Å². The third-order valence-electron chi connectivity index (χ3n) is 4.39. The molecular formula is C17H21F3N2O4. The molecule has 6 nitrogen and oxygen atoms in total. The van der Waals surface area contributed by atoms with E-state index in [4.69, 9.17) is 9.47 Å². The number of ether oxygens (including phenoxy) is 3. The van der Waals surface area contributed by atoms with Crippen LogP contribution in [0, 0.1) is 5.92 Å². The smallest absolute Gasteiger partial charge is 0.406 e. The van der Waals surface area contributed by atoms with Gasteiger partial charge in [0, 0.05) is 25.3 Å². The summed E-state index contributed by atoms with van der Waals surface area (Å²) in [6, 6.07) is 5.82. The second-order valence-electron chi connectivity index (χ2n) is 6.32. The van der Waals surface area contributed by atoms with Crippen molar-refractivity contribution < 1.29 is 32.2 Å². The van der Waals surface area contributed by atoms with Crippen LogP contribution in [-0.4, -0.2) is 57.8 Å². The predicted molar refractivity (Wildman–Crippen MR) is 87.0 cm³/mol. The first-order chi connectivity index (χ1) is 12.4. The molecule has 0 radical (unpaired) electrons. The highest BCUT2D eigenvalue weighted by Crippen LogP contribution is 2.28. The lowest BCUT2D eigenvalue weighted by Gasteiger charge is -2.23. The highest BCUT2D eigenvalue weighted by molar-refractivity contribution is 5.81. The number of alkyl halides is 3. The van der Waals surface area contributed by atoms with E-state index in [9.17, 15) is 18.0 Å². The molecule has 2 aliphatic rings. The molecule has 26 heavy (non-hydrogen) atoms. The zero-order chi connectivity index (χ0) is 18.6. The first-order valence-electron chi connectivity index (χ1n) is 8.48. The maximum absolute atomic E-state index is 12.2. The zero-order valence-electron chi connectivity index (χ0n) is 14.1. The van der Waals surface area contributed by atoms with Gasteiger partial charge in [-0.05, 0) is 36.6 Å². The number of anilines is 1. The highest BCUT2D eigenvalue weighted by atomic mass is 19.4. The second-order valence-corrected chi connectivity index (χ2v) is 6.32. The molecule has 0 unspecified atom stereocenters. The number of amides is 1. The van der Waals surface area contributed by atoms with Gasteiger partial charge in [-0.25, -0.2) is 0 Å². The standard InChI is InChI=1S/C17H21F3N2O4/c18-17(19,20)26-14-3-1-13(2-4-14)22-6-5-12(10-22)9-21-16(23)15-11-24-7-8-25-15/h1-4,12,15H,5-11H2,(H,21,23)/t12-,15-/m0/s1. The van der Waals surface area contributed by atoms with Crippen LogP contribution in [-0.2, 0) is 14.3 Å². The third-order valence-corrected chi connectivity index (χ3v) is 4.39. The van der Waals surface area contributed by atoms with Crippen LogP contribution in [0.3, 0.4) is 0 Å². The number of hydrogen-bond acceptors (Lipinski definition) is 5. The summed E-state index contributed by atoms with van der Waals surface area (Å²) >= 11 is 0. The monoisotopic (exact) mass is 374 g/mol. The van der Waals surface area contributed by atoms with Crippen molar-refractivity contribution in [1.82, 2.24) is 5.32 Å². The number of halogens is 3. The minimum atomic E-state index is -4.69. The first-order valence-corrected chi connectivity index (χ1v) is 8.48. The topological polar surface area (TPSA) is 60.0 Å². The van der Waals surface area contributed by atoms with Gasteiger partial charge < -0.3 is 24.4 Å². The molecule has 1 amide bonds. The van der Waals surface area contributed by atoms with Crippen molar-refractivity contribution in [3.8, 4) is 5.75 Å². The van der Waals surface area contributed by atoms with E-state index >= 15 is 0 Å². The third kappa shape index (κ3) is 5.25. The van der Waals surface area contributed by atoms with Gasteiger partial charge in [-0.15, -0.1) is 13.2 Å². The number of carbonyl (C=O) groups excluding carboxylic acids is 1. The fraction of sp³-hybridized carbons (Fsp3) is 0.588. The van der Waals surface area contributed by atoms with E-state index in [-0.39, 0.29) is 24.2 Å². The second kappa shape index (κ2) is 8.13. The van der Waals surface area contributed by atoms with Crippen molar-refractivity contribution in [2.24, 2.45) is 5.92 Å². The van der Waals surface area contributed by atoms with Crippen LogP contribution < -0.4 is 15.0 Å². The maximum Gasteiger partial charge on any atom is 0.573 e. The quantitative estimate of drug-likeness (QED) is 0.854. The van der Waals surface area contributed by atoms with Crippen molar-refractivity contribution >= 4 is 11.6 Å². The molecule has 0 bridgehead atoms. The summed E-state index contributed by atoms with van der Waals surface area (Å²) in [5.74, 6) is -0.134. The highest BCUT2D eigenvalue weighted by Gasteiger charge is 2.31. The molecule has 0 aromatic heterocycles. The lowest BCUT2D eigenvalue weighted by atomic mass is 10.1. The number of carbonyl (C=O) groups is 1. The zero-order valence-corrected chi connectivity index (χ0v) is 14.1. The van der Waals surface area contributed by atoms with Crippen LogP contribution in [0.4, 0.5) is 18.9 Å². The molecular weight excluding hydrogens is 353 g/mol. The summed E-state index contributed by atoms with van der Waals surface area (Å²) in [7, 11) is 0. The Hall–Kier alpha value is -2.00. The van der Waals surface area contributed by atoms with Crippen molar-refractivity contribution in [1.29, 1.82) is 0 Å². The van der Waals surface area contributed by atoms with Crippen LogP contribution in [0.5, 0.6) is 5.75 Å². The molecule has 1 N–H and O–H groups in total. The van der Waals surface area contributed by atoms with E-state index < -0.39 is 12.5 Å². The number of nitrogens with zero attached hydrogens (tertiary/aromatic N) is 1. The van der Waals surface area contributed by atoms with Crippen LogP contribution in [0.1, 0.15) is 6.42 Å². The Kier molecular flexibility index (Phi) is 5.87. The average molecular weight is 374 g/mol. The van der Waals surface area contributed by atoms with Gasteiger partial charge in [-0.1, -0.05) is 0 Å². The van der Waals surface area contributed by atoms with Gasteiger partial charge in [-0.2, -0.15) is 0 Å². The minimum Gasteiger partial charge on any atom is -0.406 e. The van der Waals surface area contributed by atoms with E-state index in [0.29, 0.717) is 19.8 Å². The van der Waals surface area contributed by atoms with Gasteiger partial charge in [0.25, 0.3) is 5.91 Å². The van der Waals surface area contributed by atoms with Gasteiger partial charge in [0.15, 0.2) is 6.10 Å². The molecule has 144 valence electrons. The summed E-state index contributed by atoms with van der Waals surface area (Å²) in [6.45, 7) is 3.24. The Balaban J connectivity index is 1.45. The van der Waals surface area contributed by atoms with E-state index in [2.05, 4.69) is 15.0 Å². The first kappa shape index (κ1) is 18.8. The van der Waals surface area contributed by atoms with E-state index in [1.807, 2.05) is 0 Å². The molecule has 2 fully saturated rings. The van der Waals surface area contributed by atoms with E-state index in [1.54, 1.807) is 12.1 Å². The lowest BCUT2D eigenvalue weighted by molar-refractivity contribution is -0.274. The fourth-order valence-electron chi connectivity index (χ4n) is 3.09. The van der Waals surface area contributed by atoms with Crippen molar-refractivity contribution in [2.75, 3.05) is 44.4 Å². The number of nitrogens with one attached hydrogen (secondary N) is 1. The van der Waals surface area contributed by atoms with Gasteiger partial charge in [0.1, 0.15) is 5.75 Å². The number of rotatable bonds is 5. The van der Waals surface area contributed by atoms with Crippen molar-refractivity contribution in [3.63, 3.8) is 0 Å². The van der Waals surface area contributed by atoms with E-state index in [0.717, 1.165) is 25.2 Å². The van der Waals surface area contributed by atoms with Crippen LogP contribution in [0.15, 0.2) is 24.3 Å². The Morgan fingerprint density at radius 3 is 2.69 bits per heavy atom. The average Bonchev–Trinajstić information content (AvgIpc) is 3.09. The molecule has 0 aliphatic carbocycles. The molecule has 0 saturated carbocycles. The fourth-order valence-corrected chi connectivity index (χ4v) is 3.09. The summed E-state index contributed by atoms with van der Waals surface area (Å²) in [6.07, 6.45) is -4.35. The Bertz CT molecular complexity index is 603. The SMILES string of the molecule is O=C(NC[C@@H]1CCN(c2ccc(OC(F)(F)F)cc2)C1)[C@@H]1COCCO1. The minimum absolute atomic E-state index is 0.170. The molecule has 2 aliphatic heterocycles. The van der Waals surface area contributed by atoms with Crippen LogP contribution in [0.25, 0.3) is 0 Å². The van der Waals surface area contributed by atoms with Gasteiger partial charge in [-0.3, -0.25) is 4.79 Å². The van der Waals surface area contributed by atoms with Gasteiger partial charge in [0.2, 0.25) is 0 Å². The number of hydrogen-bond donors (Lipinski definition) is 1. The summed E-state index contributed by atoms with van der Waals surface area (Å²) < 4.78 is 51.0. The molecule has 1 aromatic carbocycles. The molecule has 9 heteroatoms.